The first-order valence-corrected chi connectivity index (χ1v) is 7.52. The van der Waals surface area contributed by atoms with Crippen molar-refractivity contribution in [3.63, 3.8) is 0 Å². The fourth-order valence-electron chi connectivity index (χ4n) is 3.11. The number of carboxylic acids is 1. The van der Waals surface area contributed by atoms with Gasteiger partial charge in [0.1, 0.15) is 0 Å². The van der Waals surface area contributed by atoms with Gasteiger partial charge in [-0.25, -0.2) is 4.39 Å². The number of hydrogen-bond acceptors (Lipinski definition) is 3. The number of carboxylic acid groups (broad SMARTS) is 1. The van der Waals surface area contributed by atoms with E-state index in [1.807, 2.05) is 0 Å². The lowest BCUT2D eigenvalue weighted by atomic mass is 9.73. The third-order valence-electron chi connectivity index (χ3n) is 4.50. The zero-order valence-electron chi connectivity index (χ0n) is 12.0. The Morgan fingerprint density at radius 1 is 1.23 bits per heavy atom. The highest BCUT2D eigenvalue weighted by Gasteiger charge is 2.42. The minimum absolute atomic E-state index is 0.189. The van der Waals surface area contributed by atoms with Crippen LogP contribution in [0.25, 0.3) is 0 Å². The van der Waals surface area contributed by atoms with Gasteiger partial charge in [-0.05, 0) is 31.7 Å². The summed E-state index contributed by atoms with van der Waals surface area (Å²) in [5, 5.41) is 11.9. The number of carbonyl (C=O) groups excluding carboxylic acids is 1. The average molecular weight is 307 g/mol. The number of carbonyl (C=O) groups is 2. The molecule has 1 aliphatic carbocycles. The number of benzene rings is 1. The Balaban J connectivity index is 1.77. The molecule has 0 aromatic heterocycles. The first kappa shape index (κ1) is 14.8. The van der Waals surface area contributed by atoms with Crippen molar-refractivity contribution in [3.8, 4) is 5.75 Å². The number of para-hydroxylation sites is 1. The SMILES string of the molecule is O=C(O)C1CCC1C(=O)NC1CCCOc2c(F)cccc21. The molecule has 0 saturated heterocycles. The summed E-state index contributed by atoms with van der Waals surface area (Å²) in [7, 11) is 0. The van der Waals surface area contributed by atoms with Crippen LogP contribution in [0.15, 0.2) is 18.2 Å². The van der Waals surface area contributed by atoms with Gasteiger partial charge in [-0.2, -0.15) is 0 Å². The van der Waals surface area contributed by atoms with Gasteiger partial charge in [0.25, 0.3) is 0 Å². The lowest BCUT2D eigenvalue weighted by Crippen LogP contribution is -2.45. The number of ether oxygens (including phenoxy) is 1. The van der Waals surface area contributed by atoms with Crippen LogP contribution in [0.1, 0.15) is 37.3 Å². The average Bonchev–Trinajstić information content (AvgIpc) is 2.61. The van der Waals surface area contributed by atoms with E-state index in [4.69, 9.17) is 9.84 Å². The van der Waals surface area contributed by atoms with Crippen LogP contribution in [0.2, 0.25) is 0 Å². The summed E-state index contributed by atoms with van der Waals surface area (Å²) in [6, 6.07) is 4.32. The summed E-state index contributed by atoms with van der Waals surface area (Å²) in [5.41, 5.74) is 0.622. The molecular formula is C16H18FNO4. The van der Waals surface area contributed by atoms with Crippen molar-refractivity contribution in [1.29, 1.82) is 0 Å². The molecule has 1 aromatic carbocycles. The van der Waals surface area contributed by atoms with Gasteiger partial charge in [0, 0.05) is 5.56 Å². The van der Waals surface area contributed by atoms with Crippen molar-refractivity contribution < 1.29 is 23.8 Å². The van der Waals surface area contributed by atoms with Gasteiger partial charge in [-0.3, -0.25) is 9.59 Å². The molecule has 1 fully saturated rings. The van der Waals surface area contributed by atoms with E-state index in [-0.39, 0.29) is 17.7 Å². The second kappa shape index (κ2) is 5.94. The van der Waals surface area contributed by atoms with Gasteiger partial charge in [0.2, 0.25) is 5.91 Å². The smallest absolute Gasteiger partial charge is 0.307 e. The summed E-state index contributed by atoms with van der Waals surface area (Å²) in [5.74, 6) is -2.53. The molecule has 0 radical (unpaired) electrons. The van der Waals surface area contributed by atoms with Crippen molar-refractivity contribution >= 4 is 11.9 Å². The predicted octanol–water partition coefficient (Wildman–Crippen LogP) is 2.27. The van der Waals surface area contributed by atoms with Crippen molar-refractivity contribution in [2.75, 3.05) is 6.61 Å². The molecule has 0 bridgehead atoms. The maximum Gasteiger partial charge on any atom is 0.307 e. The van der Waals surface area contributed by atoms with Crippen molar-refractivity contribution in [3.05, 3.63) is 29.6 Å². The van der Waals surface area contributed by atoms with E-state index in [0.717, 1.165) is 0 Å². The van der Waals surface area contributed by atoms with E-state index in [1.54, 1.807) is 12.1 Å². The van der Waals surface area contributed by atoms with E-state index >= 15 is 0 Å². The maximum absolute atomic E-state index is 13.9. The molecule has 1 saturated carbocycles. The number of hydrogen-bond donors (Lipinski definition) is 2. The number of aliphatic carboxylic acids is 1. The summed E-state index contributed by atoms with van der Waals surface area (Å²) < 4.78 is 19.3. The monoisotopic (exact) mass is 307 g/mol. The predicted molar refractivity (Wildman–Crippen MR) is 75.9 cm³/mol. The number of rotatable bonds is 3. The molecule has 1 aliphatic heterocycles. The fourth-order valence-corrected chi connectivity index (χ4v) is 3.11. The third-order valence-corrected chi connectivity index (χ3v) is 4.50. The van der Waals surface area contributed by atoms with Gasteiger partial charge < -0.3 is 15.2 Å². The molecular weight excluding hydrogens is 289 g/mol. The molecule has 1 heterocycles. The maximum atomic E-state index is 13.9. The van der Waals surface area contributed by atoms with Crippen LogP contribution in [0.5, 0.6) is 5.75 Å². The minimum Gasteiger partial charge on any atom is -0.490 e. The molecule has 22 heavy (non-hydrogen) atoms. The summed E-state index contributed by atoms with van der Waals surface area (Å²) in [6.45, 7) is 0.404. The largest absolute Gasteiger partial charge is 0.490 e. The Morgan fingerprint density at radius 3 is 2.68 bits per heavy atom. The van der Waals surface area contributed by atoms with Gasteiger partial charge in [0.05, 0.1) is 24.5 Å². The Hall–Kier alpha value is -2.11. The van der Waals surface area contributed by atoms with Crippen molar-refractivity contribution in [2.45, 2.75) is 31.7 Å². The fraction of sp³-hybridized carbons (Fsp3) is 0.500. The third kappa shape index (κ3) is 2.65. The molecule has 3 atom stereocenters. The minimum atomic E-state index is -0.929. The van der Waals surface area contributed by atoms with E-state index in [2.05, 4.69) is 5.32 Å². The number of halogens is 1. The Bertz CT molecular complexity index is 604. The van der Waals surface area contributed by atoms with Gasteiger partial charge in [0.15, 0.2) is 11.6 Å². The number of nitrogens with one attached hydrogen (secondary N) is 1. The molecule has 6 heteroatoms. The van der Waals surface area contributed by atoms with Crippen LogP contribution in [0.4, 0.5) is 4.39 Å². The second-order valence-electron chi connectivity index (χ2n) is 5.84. The zero-order valence-corrected chi connectivity index (χ0v) is 12.0. The normalized spacial score (nSPS) is 26.9. The van der Waals surface area contributed by atoms with Crippen LogP contribution < -0.4 is 10.1 Å². The lowest BCUT2D eigenvalue weighted by Gasteiger charge is -2.33. The topological polar surface area (TPSA) is 75.6 Å². The van der Waals surface area contributed by atoms with E-state index in [1.165, 1.54) is 6.07 Å². The molecule has 2 N–H and O–H groups in total. The molecule has 2 aliphatic rings. The van der Waals surface area contributed by atoms with Crippen LogP contribution in [-0.2, 0) is 9.59 Å². The zero-order chi connectivity index (χ0) is 15.7. The van der Waals surface area contributed by atoms with Crippen LogP contribution in [0, 0.1) is 17.7 Å². The molecule has 1 amide bonds. The highest BCUT2D eigenvalue weighted by atomic mass is 19.1. The molecule has 5 nitrogen and oxygen atoms in total. The quantitative estimate of drug-likeness (QED) is 0.898. The van der Waals surface area contributed by atoms with Crippen LogP contribution >= 0.6 is 0 Å². The van der Waals surface area contributed by atoms with E-state index < -0.39 is 23.6 Å². The Morgan fingerprint density at radius 2 is 2.00 bits per heavy atom. The summed E-state index contributed by atoms with van der Waals surface area (Å²) in [6.07, 6.45) is 2.47. The Kier molecular flexibility index (Phi) is 4.00. The highest BCUT2D eigenvalue weighted by molar-refractivity contribution is 5.86. The standard InChI is InChI=1S/C16H18FNO4/c17-12-4-1-3-11-13(5-2-8-22-14(11)12)18-15(19)9-6-7-10(9)16(20)21/h1,3-4,9-10,13H,2,5-8H2,(H,18,19)(H,20,21). The first-order chi connectivity index (χ1) is 10.6. The van der Waals surface area contributed by atoms with E-state index in [9.17, 15) is 14.0 Å². The van der Waals surface area contributed by atoms with Crippen LogP contribution in [0.3, 0.4) is 0 Å². The first-order valence-electron chi connectivity index (χ1n) is 7.52. The molecule has 1 aromatic rings. The molecule has 3 unspecified atom stereocenters. The molecule has 118 valence electrons. The lowest BCUT2D eigenvalue weighted by molar-refractivity contribution is -0.153. The summed E-state index contributed by atoms with van der Waals surface area (Å²) >= 11 is 0. The van der Waals surface area contributed by atoms with Gasteiger partial charge >= 0.3 is 5.97 Å². The van der Waals surface area contributed by atoms with Gasteiger partial charge in [-0.1, -0.05) is 12.1 Å². The summed E-state index contributed by atoms with van der Waals surface area (Å²) in [4.78, 5) is 23.3. The number of amides is 1. The number of fused-ring (bicyclic) bond motifs is 1. The molecule has 0 spiro atoms. The Labute approximate surface area is 127 Å². The molecule has 3 rings (SSSR count). The van der Waals surface area contributed by atoms with Gasteiger partial charge in [-0.15, -0.1) is 0 Å². The van der Waals surface area contributed by atoms with Crippen molar-refractivity contribution in [2.24, 2.45) is 11.8 Å². The highest BCUT2D eigenvalue weighted by Crippen LogP contribution is 2.37. The van der Waals surface area contributed by atoms with Crippen molar-refractivity contribution in [1.82, 2.24) is 5.32 Å². The van der Waals surface area contributed by atoms with Crippen LogP contribution in [-0.4, -0.2) is 23.6 Å². The van der Waals surface area contributed by atoms with E-state index in [0.29, 0.717) is 37.9 Å². The second-order valence-corrected chi connectivity index (χ2v) is 5.84.